The SMILES string of the molecule is CCc1cc(C(=O)N(CC)CC(C)(C)CN)n(C)n1. The lowest BCUT2D eigenvalue weighted by atomic mass is 9.93. The fourth-order valence-electron chi connectivity index (χ4n) is 1.97. The fourth-order valence-corrected chi connectivity index (χ4v) is 1.97. The van der Waals surface area contributed by atoms with Crippen molar-refractivity contribution in [3.05, 3.63) is 17.5 Å². The van der Waals surface area contributed by atoms with Crippen LogP contribution in [0.3, 0.4) is 0 Å². The zero-order chi connectivity index (χ0) is 14.6. The number of hydrogen-bond acceptors (Lipinski definition) is 3. The third-order valence-electron chi connectivity index (χ3n) is 3.35. The summed E-state index contributed by atoms with van der Waals surface area (Å²) in [5, 5.41) is 4.33. The average Bonchev–Trinajstić information content (AvgIpc) is 2.76. The zero-order valence-electron chi connectivity index (χ0n) is 12.7. The second-order valence-corrected chi connectivity index (χ2v) is 5.69. The lowest BCUT2D eigenvalue weighted by Gasteiger charge is -2.31. The van der Waals surface area contributed by atoms with E-state index in [1.165, 1.54) is 0 Å². The van der Waals surface area contributed by atoms with Gasteiger partial charge in [0.25, 0.3) is 5.91 Å². The summed E-state index contributed by atoms with van der Waals surface area (Å²) in [5.74, 6) is 0.0266. The largest absolute Gasteiger partial charge is 0.337 e. The molecule has 0 fully saturated rings. The third-order valence-corrected chi connectivity index (χ3v) is 3.35. The van der Waals surface area contributed by atoms with E-state index in [1.807, 2.05) is 31.9 Å². The van der Waals surface area contributed by atoms with Gasteiger partial charge in [-0.1, -0.05) is 20.8 Å². The Labute approximate surface area is 115 Å². The quantitative estimate of drug-likeness (QED) is 0.847. The highest BCUT2D eigenvalue weighted by Crippen LogP contribution is 2.17. The molecule has 108 valence electrons. The van der Waals surface area contributed by atoms with E-state index in [4.69, 9.17) is 5.73 Å². The van der Waals surface area contributed by atoms with Crippen LogP contribution in [0.2, 0.25) is 0 Å². The first-order valence-corrected chi connectivity index (χ1v) is 6.87. The number of nitrogens with zero attached hydrogens (tertiary/aromatic N) is 3. The van der Waals surface area contributed by atoms with E-state index in [9.17, 15) is 4.79 Å². The number of amides is 1. The van der Waals surface area contributed by atoms with E-state index < -0.39 is 0 Å². The van der Waals surface area contributed by atoms with Crippen molar-refractivity contribution in [2.75, 3.05) is 19.6 Å². The summed E-state index contributed by atoms with van der Waals surface area (Å²) in [4.78, 5) is 14.4. The number of aromatic nitrogens is 2. The second-order valence-electron chi connectivity index (χ2n) is 5.69. The molecule has 1 amide bonds. The van der Waals surface area contributed by atoms with Crippen LogP contribution >= 0.6 is 0 Å². The van der Waals surface area contributed by atoms with Crippen molar-refractivity contribution in [2.45, 2.75) is 34.1 Å². The van der Waals surface area contributed by atoms with Crippen LogP contribution in [0.5, 0.6) is 0 Å². The van der Waals surface area contributed by atoms with Crippen LogP contribution in [-0.4, -0.2) is 40.2 Å². The van der Waals surface area contributed by atoms with E-state index in [2.05, 4.69) is 18.9 Å². The molecule has 5 nitrogen and oxygen atoms in total. The first kappa shape index (κ1) is 15.7. The van der Waals surface area contributed by atoms with Crippen molar-refractivity contribution in [1.29, 1.82) is 0 Å². The first-order chi connectivity index (χ1) is 8.84. The van der Waals surface area contributed by atoms with E-state index in [0.717, 1.165) is 12.1 Å². The molecule has 1 rings (SSSR count). The molecule has 2 N–H and O–H groups in total. The molecule has 0 atom stereocenters. The summed E-state index contributed by atoms with van der Waals surface area (Å²) in [6.45, 7) is 10.1. The molecule has 0 saturated heterocycles. The maximum Gasteiger partial charge on any atom is 0.272 e. The molecule has 19 heavy (non-hydrogen) atoms. The summed E-state index contributed by atoms with van der Waals surface area (Å²) in [5.41, 5.74) is 7.27. The topological polar surface area (TPSA) is 64.2 Å². The fraction of sp³-hybridized carbons (Fsp3) is 0.714. The van der Waals surface area contributed by atoms with Crippen molar-refractivity contribution in [3.63, 3.8) is 0 Å². The zero-order valence-corrected chi connectivity index (χ0v) is 12.7. The predicted molar refractivity (Wildman–Crippen MR) is 77.0 cm³/mol. The molecule has 0 unspecified atom stereocenters. The normalized spacial score (nSPS) is 11.7. The smallest absolute Gasteiger partial charge is 0.272 e. The van der Waals surface area contributed by atoms with E-state index in [1.54, 1.807) is 4.68 Å². The number of aryl methyl sites for hydroxylation is 2. The second kappa shape index (κ2) is 6.19. The van der Waals surface area contributed by atoms with E-state index >= 15 is 0 Å². The van der Waals surface area contributed by atoms with Crippen LogP contribution in [0.1, 0.15) is 43.9 Å². The lowest BCUT2D eigenvalue weighted by Crippen LogP contribution is -2.42. The van der Waals surface area contributed by atoms with Gasteiger partial charge in [-0.25, -0.2) is 0 Å². The predicted octanol–water partition coefficient (Wildman–Crippen LogP) is 1.43. The van der Waals surface area contributed by atoms with Gasteiger partial charge in [0.1, 0.15) is 5.69 Å². The molecule has 0 aliphatic carbocycles. The Morgan fingerprint density at radius 3 is 2.53 bits per heavy atom. The molecule has 0 bridgehead atoms. The van der Waals surface area contributed by atoms with E-state index in [0.29, 0.717) is 25.3 Å². The molecule has 0 aliphatic heterocycles. The highest BCUT2D eigenvalue weighted by Gasteiger charge is 2.25. The van der Waals surface area contributed by atoms with Crippen molar-refractivity contribution in [2.24, 2.45) is 18.2 Å². The molecular weight excluding hydrogens is 240 g/mol. The van der Waals surface area contributed by atoms with Gasteiger partial charge >= 0.3 is 0 Å². The molecule has 0 aliphatic rings. The maximum absolute atomic E-state index is 12.5. The van der Waals surface area contributed by atoms with Crippen molar-refractivity contribution in [3.8, 4) is 0 Å². The van der Waals surface area contributed by atoms with E-state index in [-0.39, 0.29) is 11.3 Å². The van der Waals surface area contributed by atoms with Crippen LogP contribution in [-0.2, 0) is 13.5 Å². The Balaban J connectivity index is 2.92. The van der Waals surface area contributed by atoms with Crippen LogP contribution in [0.15, 0.2) is 6.07 Å². The summed E-state index contributed by atoms with van der Waals surface area (Å²) in [6, 6.07) is 1.88. The van der Waals surface area contributed by atoms with Gasteiger partial charge < -0.3 is 10.6 Å². The summed E-state index contributed by atoms with van der Waals surface area (Å²) in [7, 11) is 1.81. The molecule has 1 heterocycles. The van der Waals surface area contributed by atoms with Gasteiger partial charge in [0.05, 0.1) is 5.69 Å². The minimum atomic E-state index is -0.0716. The van der Waals surface area contributed by atoms with Crippen LogP contribution in [0, 0.1) is 5.41 Å². The minimum Gasteiger partial charge on any atom is -0.337 e. The van der Waals surface area contributed by atoms with Gasteiger partial charge in [0.15, 0.2) is 0 Å². The molecule has 0 radical (unpaired) electrons. The highest BCUT2D eigenvalue weighted by molar-refractivity contribution is 5.92. The Kier molecular flexibility index (Phi) is 5.11. The van der Waals surface area contributed by atoms with Crippen LogP contribution in [0.4, 0.5) is 0 Å². The Morgan fingerprint density at radius 2 is 2.11 bits per heavy atom. The first-order valence-electron chi connectivity index (χ1n) is 6.87. The van der Waals surface area contributed by atoms with Crippen molar-refractivity contribution < 1.29 is 4.79 Å². The molecule has 1 aromatic rings. The molecule has 5 heteroatoms. The Bertz CT molecular complexity index is 437. The highest BCUT2D eigenvalue weighted by atomic mass is 16.2. The summed E-state index contributed by atoms with van der Waals surface area (Å²) in [6.07, 6.45) is 0.835. The Hall–Kier alpha value is -1.36. The number of nitrogens with two attached hydrogens (primary N) is 1. The summed E-state index contributed by atoms with van der Waals surface area (Å²) >= 11 is 0. The number of rotatable bonds is 6. The minimum absolute atomic E-state index is 0.0266. The van der Waals surface area contributed by atoms with Gasteiger partial charge in [0, 0.05) is 20.1 Å². The van der Waals surface area contributed by atoms with Crippen molar-refractivity contribution >= 4 is 5.91 Å². The third kappa shape index (κ3) is 3.80. The van der Waals surface area contributed by atoms with Gasteiger partial charge in [-0.2, -0.15) is 5.10 Å². The standard InChI is InChI=1S/C14H26N4O/c1-6-11-8-12(17(5)16-11)13(19)18(7-2)10-14(3,4)9-15/h8H,6-7,9-10,15H2,1-5H3. The lowest BCUT2D eigenvalue weighted by molar-refractivity contribution is 0.0689. The number of carbonyl (C=O) groups is 1. The van der Waals surface area contributed by atoms with Gasteiger partial charge in [-0.15, -0.1) is 0 Å². The molecule has 1 aromatic heterocycles. The summed E-state index contributed by atoms with van der Waals surface area (Å²) < 4.78 is 1.67. The number of hydrogen-bond donors (Lipinski definition) is 1. The van der Waals surface area contributed by atoms with Gasteiger partial charge in [0.2, 0.25) is 0 Å². The molecule has 0 spiro atoms. The van der Waals surface area contributed by atoms with Crippen molar-refractivity contribution in [1.82, 2.24) is 14.7 Å². The maximum atomic E-state index is 12.5. The van der Waals surface area contributed by atoms with Gasteiger partial charge in [-0.3, -0.25) is 9.48 Å². The Morgan fingerprint density at radius 1 is 1.47 bits per heavy atom. The number of carbonyl (C=O) groups excluding carboxylic acids is 1. The monoisotopic (exact) mass is 266 g/mol. The molecule has 0 saturated carbocycles. The van der Waals surface area contributed by atoms with Crippen LogP contribution in [0.25, 0.3) is 0 Å². The average molecular weight is 266 g/mol. The molecule has 0 aromatic carbocycles. The van der Waals surface area contributed by atoms with Gasteiger partial charge in [-0.05, 0) is 31.4 Å². The molecular formula is C14H26N4O. The van der Waals surface area contributed by atoms with Crippen LogP contribution < -0.4 is 5.73 Å².